The highest BCUT2D eigenvalue weighted by Gasteiger charge is 2.36. The number of hydrogen-bond acceptors (Lipinski definition) is 5. The highest BCUT2D eigenvalue weighted by atomic mass is 32.2. The average Bonchev–Trinajstić information content (AvgIpc) is 2.99. The Labute approximate surface area is 254 Å². The van der Waals surface area contributed by atoms with Crippen LogP contribution in [-0.2, 0) is 22.2 Å². The Morgan fingerprint density at radius 3 is 2.49 bits per heavy atom. The number of amidine groups is 1. The first kappa shape index (κ1) is 32.1. The number of nitrogens with zero attached hydrogens (tertiary/aromatic N) is 2. The van der Waals surface area contributed by atoms with Gasteiger partial charge in [-0.1, -0.05) is 74.3 Å². The van der Waals surface area contributed by atoms with Crippen LogP contribution >= 0.6 is 11.8 Å². The molecule has 0 aliphatic carbocycles. The van der Waals surface area contributed by atoms with Crippen molar-refractivity contribution < 1.29 is 27.5 Å². The molecule has 1 unspecified atom stereocenters. The Hall–Kier alpha value is -3.79. The van der Waals surface area contributed by atoms with E-state index >= 15 is 0 Å². The van der Waals surface area contributed by atoms with Gasteiger partial charge >= 0.3 is 6.18 Å². The number of aryl methyl sites for hydroxylation is 1. The van der Waals surface area contributed by atoms with Crippen molar-refractivity contribution in [1.29, 1.82) is 0 Å². The van der Waals surface area contributed by atoms with Gasteiger partial charge < -0.3 is 10.1 Å². The molecule has 0 saturated carbocycles. The van der Waals surface area contributed by atoms with Crippen LogP contribution in [0.3, 0.4) is 0 Å². The fraction of sp³-hybridized carbons (Fsp3) is 0.364. The van der Waals surface area contributed by atoms with Gasteiger partial charge in [-0.15, -0.1) is 0 Å². The Morgan fingerprint density at radius 1 is 1.00 bits per heavy atom. The van der Waals surface area contributed by atoms with Crippen molar-refractivity contribution >= 4 is 40.1 Å². The van der Waals surface area contributed by atoms with Gasteiger partial charge in [-0.25, -0.2) is 4.99 Å². The van der Waals surface area contributed by atoms with Crippen molar-refractivity contribution in [3.05, 3.63) is 90.0 Å². The minimum absolute atomic E-state index is 0.0532. The smallest absolute Gasteiger partial charge is 0.416 e. The van der Waals surface area contributed by atoms with E-state index in [4.69, 9.17) is 4.74 Å². The van der Waals surface area contributed by atoms with Crippen LogP contribution in [0.25, 0.3) is 0 Å². The predicted molar refractivity (Wildman–Crippen MR) is 166 cm³/mol. The van der Waals surface area contributed by atoms with E-state index in [1.807, 2.05) is 30.3 Å². The molecule has 0 bridgehead atoms. The first-order chi connectivity index (χ1) is 20.7. The van der Waals surface area contributed by atoms with Crippen LogP contribution in [0.1, 0.15) is 56.6 Å². The van der Waals surface area contributed by atoms with Crippen molar-refractivity contribution in [2.75, 3.05) is 18.5 Å². The summed E-state index contributed by atoms with van der Waals surface area (Å²) < 4.78 is 45.8. The molecular weight excluding hydrogens is 575 g/mol. The second-order valence-electron chi connectivity index (χ2n) is 10.3. The largest absolute Gasteiger partial charge is 0.494 e. The van der Waals surface area contributed by atoms with E-state index in [1.54, 1.807) is 24.3 Å². The van der Waals surface area contributed by atoms with Gasteiger partial charge in [-0.05, 0) is 67.3 Å². The number of ether oxygens (including phenoxy) is 1. The van der Waals surface area contributed by atoms with Gasteiger partial charge in [0.2, 0.25) is 11.8 Å². The number of halogens is 3. The van der Waals surface area contributed by atoms with Crippen LogP contribution in [0.5, 0.6) is 5.75 Å². The number of hydrogen-bond donors (Lipinski definition) is 1. The van der Waals surface area contributed by atoms with Crippen LogP contribution < -0.4 is 10.1 Å². The van der Waals surface area contributed by atoms with E-state index in [1.165, 1.54) is 23.5 Å². The highest BCUT2D eigenvalue weighted by molar-refractivity contribution is 8.15. The summed E-state index contributed by atoms with van der Waals surface area (Å²) in [7, 11) is 0. The lowest BCUT2D eigenvalue weighted by molar-refractivity contribution is -0.137. The first-order valence-corrected chi connectivity index (χ1v) is 15.4. The van der Waals surface area contributed by atoms with Crippen LogP contribution in [0.4, 0.5) is 24.5 Å². The number of alkyl halides is 3. The predicted octanol–water partition coefficient (Wildman–Crippen LogP) is 8.26. The number of amides is 2. The summed E-state index contributed by atoms with van der Waals surface area (Å²) in [5, 5.41) is 2.26. The molecule has 1 fully saturated rings. The number of carbonyl (C=O) groups excluding carboxylic acids is 2. The second-order valence-corrected chi connectivity index (χ2v) is 11.5. The molecule has 228 valence electrons. The number of aliphatic imine (C=N–C) groups is 1. The maximum atomic E-state index is 13.3. The SMILES string of the molecule is CCCCCCOc1ccc(NC(=O)C2CC(=O)N(CCCc3ccccc3)C(=Nc3cccc(C(F)(F)F)c3)S2)cc1. The number of benzene rings is 3. The van der Waals surface area contributed by atoms with Gasteiger partial charge in [0.1, 0.15) is 11.0 Å². The molecule has 6 nitrogen and oxygen atoms in total. The standard InChI is InChI=1S/C33H36F3N3O3S/c1-2-3-4-8-21-42-28-18-16-26(17-19-28)37-31(41)29-23-30(40)39(20-10-13-24-11-6-5-7-12-24)32(43-29)38-27-15-9-14-25(22-27)33(34,35)36/h5-7,9,11-12,14-19,22,29H,2-4,8,10,13,20-21,23H2,1H3,(H,37,41). The molecule has 0 radical (unpaired) electrons. The first-order valence-electron chi connectivity index (χ1n) is 14.5. The lowest BCUT2D eigenvalue weighted by Gasteiger charge is -2.32. The Kier molecular flexibility index (Phi) is 11.7. The van der Waals surface area contributed by atoms with Crippen LogP contribution in [0.15, 0.2) is 83.9 Å². The van der Waals surface area contributed by atoms with E-state index in [9.17, 15) is 22.8 Å². The quantitative estimate of drug-likeness (QED) is 0.198. The van der Waals surface area contributed by atoms with Crippen molar-refractivity contribution in [3.63, 3.8) is 0 Å². The molecule has 1 N–H and O–H groups in total. The van der Waals surface area contributed by atoms with Gasteiger partial charge in [0.05, 0.1) is 17.9 Å². The number of carbonyl (C=O) groups is 2. The zero-order valence-corrected chi connectivity index (χ0v) is 24.9. The number of rotatable bonds is 13. The lowest BCUT2D eigenvalue weighted by atomic mass is 10.1. The van der Waals surface area contributed by atoms with E-state index in [2.05, 4.69) is 17.2 Å². The molecule has 1 aliphatic rings. The molecule has 0 aromatic heterocycles. The molecule has 43 heavy (non-hydrogen) atoms. The summed E-state index contributed by atoms with van der Waals surface area (Å²) in [6, 6.07) is 21.5. The maximum absolute atomic E-state index is 13.3. The molecular formula is C33H36F3N3O3S. The Morgan fingerprint density at radius 2 is 1.77 bits per heavy atom. The van der Waals surface area contributed by atoms with Crippen molar-refractivity contribution in [2.45, 2.75) is 63.3 Å². The fourth-order valence-corrected chi connectivity index (χ4v) is 5.71. The van der Waals surface area contributed by atoms with Gasteiger partial charge in [0.15, 0.2) is 5.17 Å². The van der Waals surface area contributed by atoms with E-state index < -0.39 is 17.0 Å². The Balaban J connectivity index is 1.45. The fourth-order valence-electron chi connectivity index (χ4n) is 4.59. The number of anilines is 1. The van der Waals surface area contributed by atoms with Gasteiger partial charge in [-0.3, -0.25) is 14.5 Å². The average molecular weight is 612 g/mol. The number of nitrogens with one attached hydrogen (secondary N) is 1. The molecule has 1 atom stereocenters. The molecule has 1 saturated heterocycles. The van der Waals surface area contributed by atoms with Crippen molar-refractivity contribution in [1.82, 2.24) is 4.90 Å². The number of unbranched alkanes of at least 4 members (excludes halogenated alkanes) is 3. The monoisotopic (exact) mass is 611 g/mol. The zero-order valence-electron chi connectivity index (χ0n) is 24.1. The highest BCUT2D eigenvalue weighted by Crippen LogP contribution is 2.34. The molecule has 4 rings (SSSR count). The maximum Gasteiger partial charge on any atom is 0.416 e. The summed E-state index contributed by atoms with van der Waals surface area (Å²) in [6.45, 7) is 3.11. The zero-order chi connectivity index (χ0) is 30.7. The van der Waals surface area contributed by atoms with Crippen LogP contribution in [0.2, 0.25) is 0 Å². The van der Waals surface area contributed by atoms with Crippen molar-refractivity contribution in [2.24, 2.45) is 4.99 Å². The minimum Gasteiger partial charge on any atom is -0.494 e. The molecule has 10 heteroatoms. The van der Waals surface area contributed by atoms with Crippen LogP contribution in [-0.4, -0.2) is 40.3 Å². The summed E-state index contributed by atoms with van der Waals surface area (Å²) in [5.74, 6) is 0.0233. The summed E-state index contributed by atoms with van der Waals surface area (Å²) >= 11 is 1.08. The third kappa shape index (κ3) is 9.88. The minimum atomic E-state index is -4.53. The molecule has 0 spiro atoms. The van der Waals surface area contributed by atoms with E-state index in [-0.39, 0.29) is 29.1 Å². The summed E-state index contributed by atoms with van der Waals surface area (Å²) in [4.78, 5) is 32.4. The molecule has 3 aromatic rings. The summed E-state index contributed by atoms with van der Waals surface area (Å²) in [6.07, 6.45) is 1.19. The van der Waals surface area contributed by atoms with Gasteiger partial charge in [-0.2, -0.15) is 13.2 Å². The number of thioether (sulfide) groups is 1. The van der Waals surface area contributed by atoms with Gasteiger partial charge in [0.25, 0.3) is 0 Å². The summed E-state index contributed by atoms with van der Waals surface area (Å²) in [5.41, 5.74) is 0.892. The molecule has 1 heterocycles. The normalized spacial score (nSPS) is 16.4. The Bertz CT molecular complexity index is 1380. The van der Waals surface area contributed by atoms with Gasteiger partial charge in [0, 0.05) is 18.7 Å². The molecule has 3 aromatic carbocycles. The second kappa shape index (κ2) is 15.6. The third-order valence-corrected chi connectivity index (χ3v) is 8.10. The molecule has 1 aliphatic heterocycles. The third-order valence-electron chi connectivity index (χ3n) is 6.91. The van der Waals surface area contributed by atoms with E-state index in [0.717, 1.165) is 48.7 Å². The topological polar surface area (TPSA) is 71.0 Å². The van der Waals surface area contributed by atoms with E-state index in [0.29, 0.717) is 37.4 Å². The van der Waals surface area contributed by atoms with Crippen LogP contribution in [0, 0.1) is 0 Å². The van der Waals surface area contributed by atoms with Crippen molar-refractivity contribution in [3.8, 4) is 5.75 Å². The molecule has 2 amide bonds. The lowest BCUT2D eigenvalue weighted by Crippen LogP contribution is -2.45.